The molecule has 1 aromatic carbocycles. The van der Waals surface area contributed by atoms with Crippen LogP contribution < -0.4 is 9.46 Å². The molecule has 5 nitrogen and oxygen atoms in total. The van der Waals surface area contributed by atoms with E-state index in [4.69, 9.17) is 16.3 Å². The van der Waals surface area contributed by atoms with Crippen molar-refractivity contribution in [2.24, 2.45) is 0 Å². The van der Waals surface area contributed by atoms with Crippen LogP contribution in [0.5, 0.6) is 5.75 Å². The summed E-state index contributed by atoms with van der Waals surface area (Å²) in [7, 11) is -2.35. The molecule has 0 aliphatic rings. The summed E-state index contributed by atoms with van der Waals surface area (Å²) in [6.07, 6.45) is 0.750. The fourth-order valence-electron chi connectivity index (χ4n) is 1.19. The van der Waals surface area contributed by atoms with E-state index in [2.05, 4.69) is 4.72 Å². The number of benzene rings is 1. The summed E-state index contributed by atoms with van der Waals surface area (Å²) < 4.78 is 31.0. The van der Waals surface area contributed by atoms with Gasteiger partial charge in [0.2, 0.25) is 10.0 Å². The van der Waals surface area contributed by atoms with Gasteiger partial charge in [0.1, 0.15) is 16.9 Å². The lowest BCUT2D eigenvalue weighted by atomic mass is 10.3. The molecule has 0 fully saturated rings. The Hall–Kier alpha value is -1.11. The van der Waals surface area contributed by atoms with Crippen molar-refractivity contribution in [3.63, 3.8) is 0 Å². The molecule has 0 amide bonds. The van der Waals surface area contributed by atoms with Crippen molar-refractivity contribution in [1.82, 2.24) is 4.72 Å². The number of methoxy groups -OCH3 is 1. The minimum absolute atomic E-state index is 0.0431. The molecule has 0 saturated heterocycles. The van der Waals surface area contributed by atoms with E-state index in [0.717, 1.165) is 0 Å². The van der Waals surface area contributed by atoms with Crippen LogP contribution in [0.15, 0.2) is 23.1 Å². The van der Waals surface area contributed by atoms with Crippen LogP contribution in [0.2, 0.25) is 5.02 Å². The van der Waals surface area contributed by atoms with Gasteiger partial charge >= 0.3 is 0 Å². The van der Waals surface area contributed by atoms with Gasteiger partial charge in [-0.2, -0.15) is 0 Å². The zero-order valence-electron chi connectivity index (χ0n) is 9.14. The monoisotopic (exact) mass is 277 g/mol. The Labute approximate surface area is 105 Å². The number of ether oxygens (including phenoxy) is 1. The highest BCUT2D eigenvalue weighted by atomic mass is 35.5. The van der Waals surface area contributed by atoms with Gasteiger partial charge in [-0.25, -0.2) is 13.1 Å². The van der Waals surface area contributed by atoms with Crippen molar-refractivity contribution < 1.29 is 17.9 Å². The first-order chi connectivity index (χ1) is 8.01. The molecule has 0 heterocycles. The summed E-state index contributed by atoms with van der Waals surface area (Å²) in [4.78, 5) is 10.1. The summed E-state index contributed by atoms with van der Waals surface area (Å²) in [5.74, 6) is 0.202. The van der Waals surface area contributed by atoms with E-state index in [9.17, 15) is 13.2 Å². The maximum Gasteiger partial charge on any atom is 0.244 e. The molecule has 1 N–H and O–H groups in total. The van der Waals surface area contributed by atoms with Gasteiger partial charge in [0, 0.05) is 18.0 Å². The zero-order valence-corrected chi connectivity index (χ0v) is 10.7. The number of nitrogens with one attached hydrogen (secondary N) is 1. The molecule has 1 rings (SSSR count). The third-order valence-electron chi connectivity index (χ3n) is 1.97. The highest BCUT2D eigenvalue weighted by Gasteiger charge is 2.19. The molecular weight excluding hydrogens is 266 g/mol. The topological polar surface area (TPSA) is 72.5 Å². The SMILES string of the molecule is COc1ccc(Cl)cc1S(=O)(=O)NCCC=O. The first-order valence-corrected chi connectivity index (χ1v) is 6.64. The summed E-state index contributed by atoms with van der Waals surface area (Å²) in [6, 6.07) is 4.30. The van der Waals surface area contributed by atoms with Gasteiger partial charge in [-0.05, 0) is 18.2 Å². The molecule has 0 saturated carbocycles. The Morgan fingerprint density at radius 2 is 2.18 bits per heavy atom. The quantitative estimate of drug-likeness (QED) is 0.627. The average molecular weight is 278 g/mol. The summed E-state index contributed by atoms with van der Waals surface area (Å²) >= 11 is 5.74. The number of halogens is 1. The van der Waals surface area contributed by atoms with Crippen molar-refractivity contribution in [3.05, 3.63) is 23.2 Å². The van der Waals surface area contributed by atoms with Crippen molar-refractivity contribution in [2.45, 2.75) is 11.3 Å². The predicted molar refractivity (Wildman–Crippen MR) is 63.9 cm³/mol. The van der Waals surface area contributed by atoms with Crippen LogP contribution in [0.1, 0.15) is 6.42 Å². The zero-order chi connectivity index (χ0) is 12.9. The van der Waals surface area contributed by atoms with Gasteiger partial charge in [0.25, 0.3) is 0 Å². The van der Waals surface area contributed by atoms with E-state index >= 15 is 0 Å². The highest BCUT2D eigenvalue weighted by molar-refractivity contribution is 7.89. The Morgan fingerprint density at radius 1 is 1.47 bits per heavy atom. The number of carbonyl (C=O) groups excluding carboxylic acids is 1. The summed E-state index contributed by atoms with van der Waals surface area (Å²) in [5.41, 5.74) is 0. The fraction of sp³-hybridized carbons (Fsp3) is 0.300. The molecule has 0 spiro atoms. The maximum absolute atomic E-state index is 11.9. The summed E-state index contributed by atoms with van der Waals surface area (Å²) in [5, 5.41) is 0.293. The molecule has 0 aliphatic carbocycles. The minimum Gasteiger partial charge on any atom is -0.495 e. The molecule has 94 valence electrons. The van der Waals surface area contributed by atoms with Crippen molar-refractivity contribution in [2.75, 3.05) is 13.7 Å². The van der Waals surface area contributed by atoms with Gasteiger partial charge in [-0.1, -0.05) is 11.6 Å². The normalized spacial score (nSPS) is 11.2. The molecule has 0 radical (unpaired) electrons. The second-order valence-electron chi connectivity index (χ2n) is 3.15. The average Bonchev–Trinajstić information content (AvgIpc) is 2.29. The number of sulfonamides is 1. The Balaban J connectivity index is 3.04. The van der Waals surface area contributed by atoms with Gasteiger partial charge in [-0.3, -0.25) is 0 Å². The number of rotatable bonds is 6. The van der Waals surface area contributed by atoms with E-state index in [0.29, 0.717) is 11.3 Å². The molecule has 1 aromatic rings. The number of aldehydes is 1. The van der Waals surface area contributed by atoms with Crippen molar-refractivity contribution >= 4 is 27.9 Å². The largest absolute Gasteiger partial charge is 0.495 e. The molecule has 0 bridgehead atoms. The van der Waals surface area contributed by atoms with Crippen molar-refractivity contribution in [3.8, 4) is 5.75 Å². The van der Waals surface area contributed by atoms with Crippen LogP contribution in [0, 0.1) is 0 Å². The second-order valence-corrected chi connectivity index (χ2v) is 5.32. The minimum atomic E-state index is -3.72. The number of carbonyl (C=O) groups is 1. The molecule has 7 heteroatoms. The molecule has 17 heavy (non-hydrogen) atoms. The van der Waals surface area contributed by atoms with Crippen LogP contribution in [0.25, 0.3) is 0 Å². The lowest BCUT2D eigenvalue weighted by Gasteiger charge is -2.10. The number of hydrogen-bond acceptors (Lipinski definition) is 4. The van der Waals surface area contributed by atoms with Crippen molar-refractivity contribution in [1.29, 1.82) is 0 Å². The second kappa shape index (κ2) is 6.00. The van der Waals surface area contributed by atoms with Crippen LogP contribution in [0.4, 0.5) is 0 Å². The van der Waals surface area contributed by atoms with Crippen LogP contribution in [-0.4, -0.2) is 28.4 Å². The van der Waals surface area contributed by atoms with Gasteiger partial charge in [0.05, 0.1) is 7.11 Å². The first kappa shape index (κ1) is 14.0. The van der Waals surface area contributed by atoms with Crippen LogP contribution in [-0.2, 0) is 14.8 Å². The fourth-order valence-corrected chi connectivity index (χ4v) is 2.67. The van der Waals surface area contributed by atoms with Gasteiger partial charge in [0.15, 0.2) is 0 Å². The third-order valence-corrected chi connectivity index (χ3v) is 3.69. The smallest absolute Gasteiger partial charge is 0.244 e. The lowest BCUT2D eigenvalue weighted by Crippen LogP contribution is -2.25. The maximum atomic E-state index is 11.9. The first-order valence-electron chi connectivity index (χ1n) is 4.78. The molecule has 0 unspecified atom stereocenters. The third kappa shape index (κ3) is 3.69. The van der Waals surface area contributed by atoms with E-state index in [-0.39, 0.29) is 23.6 Å². The Bertz CT molecular complexity index is 501. The molecule has 0 aromatic heterocycles. The van der Waals surface area contributed by atoms with E-state index in [1.165, 1.54) is 25.3 Å². The molecular formula is C10H12ClNO4S. The van der Waals surface area contributed by atoms with E-state index in [1.54, 1.807) is 0 Å². The van der Waals surface area contributed by atoms with E-state index < -0.39 is 10.0 Å². The lowest BCUT2D eigenvalue weighted by molar-refractivity contribution is -0.107. The Morgan fingerprint density at radius 3 is 2.76 bits per heavy atom. The Kier molecular flexibility index (Phi) is 4.92. The van der Waals surface area contributed by atoms with Crippen LogP contribution in [0.3, 0.4) is 0 Å². The standard InChI is InChI=1S/C10H12ClNO4S/c1-16-9-4-3-8(11)7-10(9)17(14,15)12-5-2-6-13/h3-4,6-7,12H,2,5H2,1H3. The highest BCUT2D eigenvalue weighted by Crippen LogP contribution is 2.26. The molecule has 0 aliphatic heterocycles. The van der Waals surface area contributed by atoms with Gasteiger partial charge < -0.3 is 9.53 Å². The van der Waals surface area contributed by atoms with E-state index in [1.807, 2.05) is 0 Å². The number of hydrogen-bond donors (Lipinski definition) is 1. The molecule has 0 atom stereocenters. The predicted octanol–water partition coefficient (Wildman–Crippen LogP) is 1.22. The van der Waals surface area contributed by atoms with Crippen LogP contribution >= 0.6 is 11.6 Å². The van der Waals surface area contributed by atoms with Gasteiger partial charge in [-0.15, -0.1) is 0 Å². The summed E-state index contributed by atoms with van der Waals surface area (Å²) in [6.45, 7) is 0.0432.